The molecule has 1 aliphatic carbocycles. The number of nitrogens with one attached hydrogen (secondary N) is 2. The summed E-state index contributed by atoms with van der Waals surface area (Å²) in [5.41, 5.74) is 0. The van der Waals surface area contributed by atoms with Gasteiger partial charge in [-0.15, -0.1) is 0 Å². The maximum Gasteiger partial charge on any atom is 0.0164 e. The highest BCUT2D eigenvalue weighted by molar-refractivity contribution is 4.72. The van der Waals surface area contributed by atoms with Gasteiger partial charge in [-0.05, 0) is 45.2 Å². The Balaban J connectivity index is 1.93. The Hall–Kier alpha value is -0.0800. The molecule has 1 unspecified atom stereocenters. The summed E-state index contributed by atoms with van der Waals surface area (Å²) < 4.78 is 0. The quantitative estimate of drug-likeness (QED) is 0.613. The van der Waals surface area contributed by atoms with E-state index in [0.717, 1.165) is 19.0 Å². The summed E-state index contributed by atoms with van der Waals surface area (Å²) >= 11 is 0. The molecule has 1 aliphatic rings. The van der Waals surface area contributed by atoms with E-state index in [2.05, 4.69) is 24.5 Å². The summed E-state index contributed by atoms with van der Waals surface area (Å²) in [6, 6.07) is 0.627. The third kappa shape index (κ3) is 4.97. The molecule has 1 atom stereocenters. The second kappa shape index (κ2) is 7.24. The lowest BCUT2D eigenvalue weighted by Gasteiger charge is -2.17. The van der Waals surface area contributed by atoms with Crippen LogP contribution < -0.4 is 10.6 Å². The molecule has 2 nitrogen and oxygen atoms in total. The Morgan fingerprint density at radius 1 is 1.29 bits per heavy atom. The summed E-state index contributed by atoms with van der Waals surface area (Å²) in [6.45, 7) is 7.98. The van der Waals surface area contributed by atoms with Crippen LogP contribution in [0.25, 0.3) is 0 Å². The number of hydrogen-bond donors (Lipinski definition) is 2. The van der Waals surface area contributed by atoms with Crippen molar-refractivity contribution in [3.63, 3.8) is 0 Å². The van der Waals surface area contributed by atoms with Gasteiger partial charge in [0, 0.05) is 12.6 Å². The molecule has 2 heteroatoms. The van der Waals surface area contributed by atoms with E-state index in [1.807, 2.05) is 0 Å². The molecule has 0 spiro atoms. The Bertz CT molecular complexity index is 130. The highest BCUT2D eigenvalue weighted by Crippen LogP contribution is 2.23. The SMILES string of the molecule is CCCNCC(C)NCC1CCCC1. The molecular formula is C12H26N2. The van der Waals surface area contributed by atoms with E-state index in [9.17, 15) is 0 Å². The molecule has 0 bridgehead atoms. The van der Waals surface area contributed by atoms with Crippen molar-refractivity contribution in [2.45, 2.75) is 52.0 Å². The van der Waals surface area contributed by atoms with Crippen LogP contribution in [0.1, 0.15) is 46.0 Å². The highest BCUT2D eigenvalue weighted by atomic mass is 15.0. The van der Waals surface area contributed by atoms with Gasteiger partial charge in [-0.3, -0.25) is 0 Å². The van der Waals surface area contributed by atoms with Crippen molar-refractivity contribution >= 4 is 0 Å². The molecule has 0 heterocycles. The van der Waals surface area contributed by atoms with Crippen molar-refractivity contribution in [2.75, 3.05) is 19.6 Å². The second-order valence-corrected chi connectivity index (χ2v) is 4.66. The zero-order valence-corrected chi connectivity index (χ0v) is 9.81. The zero-order valence-electron chi connectivity index (χ0n) is 9.81. The molecular weight excluding hydrogens is 172 g/mol. The Morgan fingerprint density at radius 2 is 2.00 bits per heavy atom. The van der Waals surface area contributed by atoms with E-state index >= 15 is 0 Å². The van der Waals surface area contributed by atoms with Crippen molar-refractivity contribution < 1.29 is 0 Å². The van der Waals surface area contributed by atoms with Crippen LogP contribution in [0.3, 0.4) is 0 Å². The van der Waals surface area contributed by atoms with Gasteiger partial charge in [-0.25, -0.2) is 0 Å². The van der Waals surface area contributed by atoms with Crippen LogP contribution in [-0.2, 0) is 0 Å². The third-order valence-electron chi connectivity index (χ3n) is 3.11. The average molecular weight is 198 g/mol. The first-order chi connectivity index (χ1) is 6.83. The topological polar surface area (TPSA) is 24.1 Å². The van der Waals surface area contributed by atoms with Crippen LogP contribution in [0.5, 0.6) is 0 Å². The molecule has 0 radical (unpaired) electrons. The van der Waals surface area contributed by atoms with Crippen LogP contribution in [0, 0.1) is 5.92 Å². The van der Waals surface area contributed by atoms with Crippen molar-refractivity contribution in [3.8, 4) is 0 Å². The van der Waals surface area contributed by atoms with Gasteiger partial charge in [0.1, 0.15) is 0 Å². The molecule has 0 aromatic carbocycles. The normalized spacial score (nSPS) is 20.1. The molecule has 84 valence electrons. The van der Waals surface area contributed by atoms with Crippen LogP contribution in [0.2, 0.25) is 0 Å². The van der Waals surface area contributed by atoms with Crippen molar-refractivity contribution in [1.82, 2.24) is 10.6 Å². The van der Waals surface area contributed by atoms with Gasteiger partial charge < -0.3 is 10.6 Å². The fraction of sp³-hybridized carbons (Fsp3) is 1.00. The van der Waals surface area contributed by atoms with Gasteiger partial charge in [0.15, 0.2) is 0 Å². The molecule has 1 fully saturated rings. The molecule has 1 rings (SSSR count). The fourth-order valence-electron chi connectivity index (χ4n) is 2.15. The molecule has 0 aliphatic heterocycles. The Kier molecular flexibility index (Phi) is 6.20. The zero-order chi connectivity index (χ0) is 10.2. The van der Waals surface area contributed by atoms with Crippen molar-refractivity contribution in [1.29, 1.82) is 0 Å². The van der Waals surface area contributed by atoms with Gasteiger partial charge in [0.05, 0.1) is 0 Å². The van der Waals surface area contributed by atoms with E-state index < -0.39 is 0 Å². The lowest BCUT2D eigenvalue weighted by atomic mass is 10.1. The van der Waals surface area contributed by atoms with Crippen LogP contribution >= 0.6 is 0 Å². The lowest BCUT2D eigenvalue weighted by molar-refractivity contribution is 0.430. The van der Waals surface area contributed by atoms with E-state index in [1.165, 1.54) is 38.6 Å². The van der Waals surface area contributed by atoms with Crippen LogP contribution in [0.15, 0.2) is 0 Å². The summed E-state index contributed by atoms with van der Waals surface area (Å²) in [5.74, 6) is 0.962. The predicted octanol–water partition coefficient (Wildman–Crippen LogP) is 2.15. The number of hydrogen-bond acceptors (Lipinski definition) is 2. The highest BCUT2D eigenvalue weighted by Gasteiger charge is 2.14. The average Bonchev–Trinajstić information content (AvgIpc) is 2.68. The van der Waals surface area contributed by atoms with E-state index in [4.69, 9.17) is 0 Å². The smallest absolute Gasteiger partial charge is 0.0164 e. The van der Waals surface area contributed by atoms with Gasteiger partial charge in [-0.1, -0.05) is 19.8 Å². The minimum Gasteiger partial charge on any atom is -0.315 e. The van der Waals surface area contributed by atoms with E-state index in [1.54, 1.807) is 0 Å². The lowest BCUT2D eigenvalue weighted by Crippen LogP contribution is -2.38. The first-order valence-electron chi connectivity index (χ1n) is 6.27. The Morgan fingerprint density at radius 3 is 2.64 bits per heavy atom. The van der Waals surface area contributed by atoms with Gasteiger partial charge in [0.2, 0.25) is 0 Å². The Labute approximate surface area is 88.8 Å². The molecule has 2 N–H and O–H groups in total. The standard InChI is InChI=1S/C12H26N2/c1-3-8-13-9-11(2)14-10-12-6-4-5-7-12/h11-14H,3-10H2,1-2H3. The monoisotopic (exact) mass is 198 g/mol. The fourth-order valence-corrected chi connectivity index (χ4v) is 2.15. The summed E-state index contributed by atoms with van der Waals surface area (Å²) in [6.07, 6.45) is 7.03. The largest absolute Gasteiger partial charge is 0.315 e. The maximum atomic E-state index is 3.62. The van der Waals surface area contributed by atoms with Crippen molar-refractivity contribution in [3.05, 3.63) is 0 Å². The van der Waals surface area contributed by atoms with E-state index in [-0.39, 0.29) is 0 Å². The third-order valence-corrected chi connectivity index (χ3v) is 3.11. The van der Waals surface area contributed by atoms with Crippen LogP contribution in [0.4, 0.5) is 0 Å². The van der Waals surface area contributed by atoms with Crippen LogP contribution in [-0.4, -0.2) is 25.7 Å². The predicted molar refractivity (Wildman–Crippen MR) is 62.6 cm³/mol. The molecule has 0 aromatic rings. The van der Waals surface area contributed by atoms with Gasteiger partial charge >= 0.3 is 0 Å². The number of rotatable bonds is 7. The minimum atomic E-state index is 0.627. The maximum absolute atomic E-state index is 3.62. The first-order valence-corrected chi connectivity index (χ1v) is 6.27. The minimum absolute atomic E-state index is 0.627. The molecule has 0 aromatic heterocycles. The molecule has 14 heavy (non-hydrogen) atoms. The van der Waals surface area contributed by atoms with E-state index in [0.29, 0.717) is 6.04 Å². The summed E-state index contributed by atoms with van der Waals surface area (Å²) in [5, 5.41) is 7.07. The molecule has 0 saturated heterocycles. The summed E-state index contributed by atoms with van der Waals surface area (Å²) in [7, 11) is 0. The second-order valence-electron chi connectivity index (χ2n) is 4.66. The first kappa shape index (κ1) is 12.0. The summed E-state index contributed by atoms with van der Waals surface area (Å²) in [4.78, 5) is 0. The van der Waals surface area contributed by atoms with Gasteiger partial charge in [-0.2, -0.15) is 0 Å². The molecule has 1 saturated carbocycles. The van der Waals surface area contributed by atoms with Gasteiger partial charge in [0.25, 0.3) is 0 Å². The molecule has 0 amide bonds. The van der Waals surface area contributed by atoms with Crippen molar-refractivity contribution in [2.24, 2.45) is 5.92 Å².